The first-order valence-electron chi connectivity index (χ1n) is 6.67. The van der Waals surface area contributed by atoms with E-state index in [0.717, 1.165) is 29.1 Å². The van der Waals surface area contributed by atoms with Crippen LogP contribution in [0.3, 0.4) is 0 Å². The smallest absolute Gasteiger partial charge is 0.238 e. The third-order valence-electron chi connectivity index (χ3n) is 3.32. The van der Waals surface area contributed by atoms with Crippen LogP contribution in [0.5, 0.6) is 0 Å². The van der Waals surface area contributed by atoms with Gasteiger partial charge in [-0.05, 0) is 37.4 Å². The summed E-state index contributed by atoms with van der Waals surface area (Å²) in [4.78, 5) is 16.2. The number of hydrogen-bond acceptors (Lipinski definition) is 3. The van der Waals surface area contributed by atoms with Crippen molar-refractivity contribution in [3.63, 3.8) is 0 Å². The van der Waals surface area contributed by atoms with Gasteiger partial charge in [-0.25, -0.2) is 0 Å². The molecule has 0 saturated heterocycles. The first-order valence-corrected chi connectivity index (χ1v) is 6.67. The van der Waals surface area contributed by atoms with Gasteiger partial charge in [0.05, 0.1) is 17.7 Å². The Morgan fingerprint density at radius 3 is 2.95 bits per heavy atom. The minimum Gasteiger partial charge on any atom is -0.323 e. The number of hydrogen-bond donors (Lipinski definition) is 2. The van der Waals surface area contributed by atoms with Crippen molar-refractivity contribution < 1.29 is 4.79 Å². The quantitative estimate of drug-likeness (QED) is 0.861. The van der Waals surface area contributed by atoms with Crippen LogP contribution in [0.1, 0.15) is 12.8 Å². The van der Waals surface area contributed by atoms with Crippen molar-refractivity contribution in [2.75, 3.05) is 18.4 Å². The van der Waals surface area contributed by atoms with E-state index >= 15 is 0 Å². The van der Waals surface area contributed by atoms with Crippen LogP contribution in [-0.4, -0.2) is 24.0 Å². The van der Waals surface area contributed by atoms with Crippen molar-refractivity contribution >= 4 is 22.5 Å². The molecule has 1 aliphatic rings. The molecule has 1 aromatic heterocycles. The van der Waals surface area contributed by atoms with E-state index < -0.39 is 0 Å². The van der Waals surface area contributed by atoms with Crippen LogP contribution in [0.15, 0.2) is 36.5 Å². The van der Waals surface area contributed by atoms with E-state index in [4.69, 9.17) is 0 Å². The largest absolute Gasteiger partial charge is 0.323 e. The molecule has 1 saturated carbocycles. The Morgan fingerprint density at radius 1 is 1.26 bits per heavy atom. The predicted molar refractivity (Wildman–Crippen MR) is 76.0 cm³/mol. The molecule has 1 amide bonds. The average molecular weight is 255 g/mol. The zero-order valence-corrected chi connectivity index (χ0v) is 10.7. The lowest BCUT2D eigenvalue weighted by molar-refractivity contribution is -0.115. The summed E-state index contributed by atoms with van der Waals surface area (Å²) in [5, 5.41) is 7.13. The molecule has 0 atom stereocenters. The Kier molecular flexibility index (Phi) is 3.42. The number of benzene rings is 1. The molecule has 4 nitrogen and oxygen atoms in total. The van der Waals surface area contributed by atoms with Crippen molar-refractivity contribution in [2.24, 2.45) is 5.92 Å². The van der Waals surface area contributed by atoms with Gasteiger partial charge in [0.25, 0.3) is 0 Å². The molecule has 1 aromatic carbocycles. The first-order chi connectivity index (χ1) is 9.33. The summed E-state index contributed by atoms with van der Waals surface area (Å²) in [6, 6.07) is 9.68. The molecule has 3 rings (SSSR count). The number of nitrogens with one attached hydrogen (secondary N) is 2. The van der Waals surface area contributed by atoms with Crippen LogP contribution < -0.4 is 10.6 Å². The molecule has 0 radical (unpaired) electrons. The number of anilines is 1. The van der Waals surface area contributed by atoms with Crippen LogP contribution in [0.4, 0.5) is 5.69 Å². The normalized spacial score (nSPS) is 14.5. The number of carbonyl (C=O) groups excluding carboxylic acids is 1. The van der Waals surface area contributed by atoms with Gasteiger partial charge in [0.15, 0.2) is 0 Å². The summed E-state index contributed by atoms with van der Waals surface area (Å²) < 4.78 is 0. The molecule has 2 aromatic rings. The molecular weight excluding hydrogens is 238 g/mol. The number of aromatic nitrogens is 1. The van der Waals surface area contributed by atoms with E-state index in [2.05, 4.69) is 15.6 Å². The van der Waals surface area contributed by atoms with Crippen LogP contribution in [0.25, 0.3) is 10.9 Å². The lowest BCUT2D eigenvalue weighted by Gasteiger charge is -2.08. The summed E-state index contributed by atoms with van der Waals surface area (Å²) in [6.07, 6.45) is 4.33. The van der Waals surface area contributed by atoms with Crippen LogP contribution >= 0.6 is 0 Å². The third-order valence-corrected chi connectivity index (χ3v) is 3.32. The maximum Gasteiger partial charge on any atom is 0.238 e. The summed E-state index contributed by atoms with van der Waals surface area (Å²) in [5.41, 5.74) is 1.61. The Balaban J connectivity index is 1.64. The summed E-state index contributed by atoms with van der Waals surface area (Å²) in [5.74, 6) is 0.769. The molecule has 1 fully saturated rings. The Bertz CT molecular complexity index is 587. The van der Waals surface area contributed by atoms with Crippen molar-refractivity contribution in [1.29, 1.82) is 0 Å². The van der Waals surface area contributed by atoms with Gasteiger partial charge in [0.1, 0.15) is 0 Å². The van der Waals surface area contributed by atoms with E-state index in [1.165, 1.54) is 12.8 Å². The Hall–Kier alpha value is -1.94. The van der Waals surface area contributed by atoms with Crippen molar-refractivity contribution in [3.8, 4) is 0 Å². The Morgan fingerprint density at radius 2 is 2.11 bits per heavy atom. The summed E-state index contributed by atoms with van der Waals surface area (Å²) >= 11 is 0. The fraction of sp³-hybridized carbons (Fsp3) is 0.333. The zero-order chi connectivity index (χ0) is 13.1. The maximum absolute atomic E-state index is 11.9. The van der Waals surface area contributed by atoms with E-state index in [0.29, 0.717) is 6.54 Å². The Labute approximate surface area is 112 Å². The van der Waals surface area contributed by atoms with Crippen LogP contribution in [0, 0.1) is 5.92 Å². The molecule has 0 bridgehead atoms. The first kappa shape index (κ1) is 12.1. The van der Waals surface area contributed by atoms with Crippen molar-refractivity contribution in [3.05, 3.63) is 36.5 Å². The third kappa shape index (κ3) is 3.09. The highest BCUT2D eigenvalue weighted by atomic mass is 16.1. The van der Waals surface area contributed by atoms with E-state index in [1.807, 2.05) is 30.3 Å². The lowest BCUT2D eigenvalue weighted by atomic mass is 10.2. The highest BCUT2D eigenvalue weighted by Crippen LogP contribution is 2.27. The second kappa shape index (κ2) is 5.36. The zero-order valence-electron chi connectivity index (χ0n) is 10.7. The monoisotopic (exact) mass is 255 g/mol. The molecule has 1 heterocycles. The van der Waals surface area contributed by atoms with Gasteiger partial charge in [-0.15, -0.1) is 0 Å². The standard InChI is InChI=1S/C15H17N3O/c19-14(10-16-9-11-6-7-11)18-13-5-1-3-12-4-2-8-17-15(12)13/h1-5,8,11,16H,6-7,9-10H2,(H,18,19). The van der Waals surface area contributed by atoms with Gasteiger partial charge in [-0.3, -0.25) is 9.78 Å². The number of nitrogens with zero attached hydrogens (tertiary/aromatic N) is 1. The number of carbonyl (C=O) groups is 1. The molecular formula is C15H17N3O. The van der Waals surface area contributed by atoms with E-state index in [1.54, 1.807) is 6.20 Å². The number of fused-ring (bicyclic) bond motifs is 1. The molecule has 98 valence electrons. The van der Waals surface area contributed by atoms with Crippen molar-refractivity contribution in [1.82, 2.24) is 10.3 Å². The average Bonchev–Trinajstić information content (AvgIpc) is 3.23. The molecule has 0 aliphatic heterocycles. The number of amides is 1. The highest BCUT2D eigenvalue weighted by molar-refractivity contribution is 6.00. The molecule has 4 heteroatoms. The minimum absolute atomic E-state index is 0.0150. The van der Waals surface area contributed by atoms with Crippen LogP contribution in [0.2, 0.25) is 0 Å². The number of rotatable bonds is 5. The second-order valence-corrected chi connectivity index (χ2v) is 5.00. The van der Waals surface area contributed by atoms with Gasteiger partial charge in [-0.2, -0.15) is 0 Å². The summed E-state index contributed by atoms with van der Waals surface area (Å²) in [7, 11) is 0. The second-order valence-electron chi connectivity index (χ2n) is 5.00. The molecule has 1 aliphatic carbocycles. The molecule has 0 spiro atoms. The topological polar surface area (TPSA) is 54.0 Å². The maximum atomic E-state index is 11.9. The summed E-state index contributed by atoms with van der Waals surface area (Å²) in [6.45, 7) is 1.31. The fourth-order valence-electron chi connectivity index (χ4n) is 2.11. The van der Waals surface area contributed by atoms with Gasteiger partial charge in [0.2, 0.25) is 5.91 Å². The SMILES string of the molecule is O=C(CNCC1CC1)Nc1cccc2cccnc12. The number of para-hydroxylation sites is 1. The van der Waals surface area contributed by atoms with Gasteiger partial charge in [0, 0.05) is 11.6 Å². The molecule has 19 heavy (non-hydrogen) atoms. The van der Waals surface area contributed by atoms with Crippen molar-refractivity contribution in [2.45, 2.75) is 12.8 Å². The van der Waals surface area contributed by atoms with Crippen LogP contribution in [-0.2, 0) is 4.79 Å². The predicted octanol–water partition coefficient (Wildman–Crippen LogP) is 2.17. The highest BCUT2D eigenvalue weighted by Gasteiger charge is 2.20. The van der Waals surface area contributed by atoms with Gasteiger partial charge >= 0.3 is 0 Å². The van der Waals surface area contributed by atoms with Gasteiger partial charge < -0.3 is 10.6 Å². The van der Waals surface area contributed by atoms with E-state index in [9.17, 15) is 4.79 Å². The van der Waals surface area contributed by atoms with Gasteiger partial charge in [-0.1, -0.05) is 18.2 Å². The molecule has 0 unspecified atom stereocenters. The molecule has 2 N–H and O–H groups in total. The van der Waals surface area contributed by atoms with E-state index in [-0.39, 0.29) is 5.91 Å². The lowest BCUT2D eigenvalue weighted by Crippen LogP contribution is -2.29. The number of pyridine rings is 1. The minimum atomic E-state index is -0.0150. The fourth-order valence-corrected chi connectivity index (χ4v) is 2.11.